The van der Waals surface area contributed by atoms with Crippen LogP contribution in [-0.4, -0.2) is 35.6 Å². The van der Waals surface area contributed by atoms with Gasteiger partial charge in [0, 0.05) is 31.8 Å². The molecule has 0 aromatic heterocycles. The number of carbonyl (C=O) groups excluding carboxylic acids is 1. The molecule has 0 aliphatic heterocycles. The molecule has 0 radical (unpaired) electrons. The molecule has 0 fully saturated rings. The van der Waals surface area contributed by atoms with Gasteiger partial charge in [-0.15, -0.1) is 0 Å². The number of urea groups is 1. The fourth-order valence-electron chi connectivity index (χ4n) is 1.66. The zero-order valence-corrected chi connectivity index (χ0v) is 12.1. The molecule has 0 saturated carbocycles. The van der Waals surface area contributed by atoms with Gasteiger partial charge in [-0.1, -0.05) is 19.1 Å². The van der Waals surface area contributed by atoms with Gasteiger partial charge in [-0.2, -0.15) is 0 Å². The van der Waals surface area contributed by atoms with Crippen LogP contribution < -0.4 is 5.32 Å². The highest BCUT2D eigenvalue weighted by Crippen LogP contribution is 2.28. The van der Waals surface area contributed by atoms with Gasteiger partial charge in [-0.05, 0) is 12.1 Å². The van der Waals surface area contributed by atoms with Gasteiger partial charge in [0.2, 0.25) is 0 Å². The summed E-state index contributed by atoms with van der Waals surface area (Å²) in [7, 11) is 1.44. The minimum atomic E-state index is -3.00. The number of amides is 2. The lowest BCUT2D eigenvalue weighted by atomic mass is 10.1. The monoisotopic (exact) mass is 300 g/mol. The van der Waals surface area contributed by atoms with E-state index < -0.39 is 23.8 Å². The summed E-state index contributed by atoms with van der Waals surface area (Å²) in [6.45, 7) is 2.27. The van der Waals surface area contributed by atoms with E-state index in [-0.39, 0.29) is 17.8 Å². The van der Waals surface area contributed by atoms with Crippen LogP contribution in [-0.2, 0) is 10.7 Å². The Morgan fingerprint density at radius 3 is 2.57 bits per heavy atom. The second-order valence-electron chi connectivity index (χ2n) is 5.02. The van der Waals surface area contributed by atoms with Crippen LogP contribution in [0.3, 0.4) is 0 Å². The van der Waals surface area contributed by atoms with E-state index in [1.54, 1.807) is 0 Å². The maximum atomic E-state index is 13.2. The number of aliphatic carboxylic acids is 1. The van der Waals surface area contributed by atoms with Crippen LogP contribution in [0.5, 0.6) is 0 Å². The summed E-state index contributed by atoms with van der Waals surface area (Å²) in [6.07, 6.45) is 0. The van der Waals surface area contributed by atoms with Crippen LogP contribution in [0.15, 0.2) is 24.3 Å². The smallest absolute Gasteiger partial charge is 0.321 e. The molecule has 0 saturated heterocycles. The van der Waals surface area contributed by atoms with Gasteiger partial charge in [0.25, 0.3) is 5.92 Å². The average molecular weight is 300 g/mol. The summed E-state index contributed by atoms with van der Waals surface area (Å²) in [5.74, 6) is -4.72. The lowest BCUT2D eigenvalue weighted by molar-refractivity contribution is -0.141. The maximum absolute atomic E-state index is 13.2. The third-order valence-corrected chi connectivity index (χ3v) is 2.94. The number of hydrogen-bond acceptors (Lipinski definition) is 2. The highest BCUT2D eigenvalue weighted by molar-refractivity contribution is 5.89. The fraction of sp³-hybridized carbons (Fsp3) is 0.429. The van der Waals surface area contributed by atoms with Crippen molar-refractivity contribution in [2.75, 3.05) is 18.9 Å². The summed E-state index contributed by atoms with van der Waals surface area (Å²) >= 11 is 0. The van der Waals surface area contributed by atoms with E-state index in [1.165, 1.54) is 43.1 Å². The van der Waals surface area contributed by atoms with E-state index in [4.69, 9.17) is 5.11 Å². The molecule has 2 N–H and O–H groups in total. The molecule has 7 heteroatoms. The summed E-state index contributed by atoms with van der Waals surface area (Å²) < 4.78 is 26.4. The molecule has 0 spiro atoms. The molecule has 21 heavy (non-hydrogen) atoms. The maximum Gasteiger partial charge on any atom is 0.321 e. The van der Waals surface area contributed by atoms with Crippen molar-refractivity contribution in [3.8, 4) is 0 Å². The molecule has 1 unspecified atom stereocenters. The van der Waals surface area contributed by atoms with E-state index in [0.717, 1.165) is 6.92 Å². The van der Waals surface area contributed by atoms with Crippen molar-refractivity contribution in [3.63, 3.8) is 0 Å². The quantitative estimate of drug-likeness (QED) is 0.878. The first-order valence-corrected chi connectivity index (χ1v) is 6.34. The molecule has 0 bridgehead atoms. The van der Waals surface area contributed by atoms with Gasteiger partial charge < -0.3 is 15.3 Å². The minimum Gasteiger partial charge on any atom is -0.481 e. The number of anilines is 1. The Morgan fingerprint density at radius 2 is 2.05 bits per heavy atom. The molecule has 1 aromatic rings. The highest BCUT2D eigenvalue weighted by atomic mass is 19.3. The molecule has 1 rings (SSSR count). The number of nitrogens with zero attached hydrogens (tertiary/aromatic N) is 1. The molecule has 116 valence electrons. The van der Waals surface area contributed by atoms with Crippen molar-refractivity contribution in [1.82, 2.24) is 4.90 Å². The van der Waals surface area contributed by atoms with Crippen LogP contribution in [0.4, 0.5) is 19.3 Å². The van der Waals surface area contributed by atoms with Gasteiger partial charge in [0.15, 0.2) is 0 Å². The molecule has 2 amide bonds. The molecular formula is C14H18F2N2O3. The molecule has 0 aliphatic rings. The fourth-order valence-corrected chi connectivity index (χ4v) is 1.66. The Bertz CT molecular complexity index is 529. The van der Waals surface area contributed by atoms with Gasteiger partial charge in [0.05, 0.1) is 5.92 Å². The molecule has 0 heterocycles. The van der Waals surface area contributed by atoms with Crippen LogP contribution in [0, 0.1) is 5.92 Å². The molecule has 1 aromatic carbocycles. The van der Waals surface area contributed by atoms with E-state index in [2.05, 4.69) is 5.32 Å². The number of carboxylic acids is 1. The molecule has 0 aliphatic carbocycles. The Labute approximate surface area is 121 Å². The third-order valence-electron chi connectivity index (χ3n) is 2.94. The van der Waals surface area contributed by atoms with Crippen molar-refractivity contribution >= 4 is 17.7 Å². The predicted octanol–water partition coefficient (Wildman–Crippen LogP) is 2.98. The first-order valence-electron chi connectivity index (χ1n) is 6.34. The Hall–Kier alpha value is -2.18. The van der Waals surface area contributed by atoms with Crippen molar-refractivity contribution in [2.24, 2.45) is 5.92 Å². The SMILES string of the molecule is CC(CN(C)C(=O)Nc1cccc(C(C)(F)F)c1)C(=O)O. The summed E-state index contributed by atoms with van der Waals surface area (Å²) in [4.78, 5) is 23.8. The van der Waals surface area contributed by atoms with Crippen LogP contribution in [0.2, 0.25) is 0 Å². The molecule has 5 nitrogen and oxygen atoms in total. The Kier molecular flexibility index (Phi) is 5.23. The van der Waals surface area contributed by atoms with Crippen LogP contribution in [0.25, 0.3) is 0 Å². The lowest BCUT2D eigenvalue weighted by Gasteiger charge is -2.20. The summed E-state index contributed by atoms with van der Waals surface area (Å²) in [5.41, 5.74) is 0.0238. The average Bonchev–Trinajstić information content (AvgIpc) is 2.37. The zero-order chi connectivity index (χ0) is 16.2. The third kappa shape index (κ3) is 5.02. The largest absolute Gasteiger partial charge is 0.481 e. The van der Waals surface area contributed by atoms with Crippen LogP contribution in [0.1, 0.15) is 19.4 Å². The van der Waals surface area contributed by atoms with Crippen LogP contribution >= 0.6 is 0 Å². The number of nitrogens with one attached hydrogen (secondary N) is 1. The van der Waals surface area contributed by atoms with Crippen molar-refractivity contribution in [2.45, 2.75) is 19.8 Å². The van der Waals surface area contributed by atoms with E-state index in [9.17, 15) is 18.4 Å². The lowest BCUT2D eigenvalue weighted by Crippen LogP contribution is -2.36. The highest BCUT2D eigenvalue weighted by Gasteiger charge is 2.24. The number of carbonyl (C=O) groups is 2. The number of hydrogen-bond donors (Lipinski definition) is 2. The first kappa shape index (κ1) is 16.9. The normalized spacial score (nSPS) is 12.6. The van der Waals surface area contributed by atoms with E-state index >= 15 is 0 Å². The van der Waals surface area contributed by atoms with E-state index in [0.29, 0.717) is 0 Å². The van der Waals surface area contributed by atoms with Gasteiger partial charge in [-0.3, -0.25) is 4.79 Å². The number of carboxylic acid groups (broad SMARTS) is 1. The number of alkyl halides is 2. The van der Waals surface area contributed by atoms with Crippen molar-refractivity contribution in [1.29, 1.82) is 0 Å². The summed E-state index contributed by atoms with van der Waals surface area (Å²) in [6, 6.07) is 4.81. The molecular weight excluding hydrogens is 282 g/mol. The number of benzene rings is 1. The second kappa shape index (κ2) is 6.51. The van der Waals surface area contributed by atoms with Gasteiger partial charge in [0.1, 0.15) is 0 Å². The number of halogens is 2. The first-order chi connectivity index (χ1) is 9.61. The minimum absolute atomic E-state index is 0.0186. The van der Waals surface area contributed by atoms with Gasteiger partial charge in [-0.25, -0.2) is 13.6 Å². The standard InChI is InChI=1S/C14H18F2N2O3/c1-9(12(19)20)8-18(3)13(21)17-11-6-4-5-10(7-11)14(2,15)16/h4-7,9H,8H2,1-3H3,(H,17,21)(H,19,20). The van der Waals surface area contributed by atoms with Crippen molar-refractivity contribution in [3.05, 3.63) is 29.8 Å². The molecule has 1 atom stereocenters. The Balaban J connectivity index is 2.73. The van der Waals surface area contributed by atoms with Crippen molar-refractivity contribution < 1.29 is 23.5 Å². The van der Waals surface area contributed by atoms with E-state index in [1.807, 2.05) is 0 Å². The topological polar surface area (TPSA) is 69.6 Å². The second-order valence-corrected chi connectivity index (χ2v) is 5.02. The summed E-state index contributed by atoms with van der Waals surface area (Å²) in [5, 5.41) is 11.2. The van der Waals surface area contributed by atoms with Gasteiger partial charge >= 0.3 is 12.0 Å². The zero-order valence-electron chi connectivity index (χ0n) is 12.1. The number of rotatable bonds is 5. The predicted molar refractivity (Wildman–Crippen MR) is 74.5 cm³/mol. The Morgan fingerprint density at radius 1 is 1.43 bits per heavy atom.